The number of thiophene rings is 1. The van der Waals surface area contributed by atoms with Crippen molar-refractivity contribution in [3.05, 3.63) is 64.5 Å². The normalized spacial score (nSPS) is 15.6. The molecule has 4 heterocycles. The first-order valence-electron chi connectivity index (χ1n) is 14.7. The number of aryl methyl sites for hydroxylation is 1. The Balaban J connectivity index is 1.45. The number of rotatable bonds is 10. The van der Waals surface area contributed by atoms with E-state index in [1.54, 1.807) is 42.3 Å². The maximum Gasteiger partial charge on any atom is 0.268 e. The highest BCUT2D eigenvalue weighted by Gasteiger charge is 2.33. The minimum absolute atomic E-state index is 0.106. The SMILES string of the molecule is Cc1ncc(-c2ccc(C(=O)Nc3nc4cc(CNCC(F)F)ccc4n3C[C@H]3CCCN3C(=O)C(C#N)=CC(C)(C)C)s2)o1. The number of amides is 2. The molecule has 0 radical (unpaired) electrons. The number of benzene rings is 1. The first-order valence-corrected chi connectivity index (χ1v) is 15.5. The number of nitriles is 1. The molecule has 0 aliphatic carbocycles. The van der Waals surface area contributed by atoms with Gasteiger partial charge in [-0.1, -0.05) is 32.9 Å². The summed E-state index contributed by atoms with van der Waals surface area (Å²) in [6, 6.07) is 10.8. The highest BCUT2D eigenvalue weighted by molar-refractivity contribution is 7.17. The zero-order valence-corrected chi connectivity index (χ0v) is 26.4. The van der Waals surface area contributed by atoms with Gasteiger partial charge in [0.1, 0.15) is 11.6 Å². The maximum atomic E-state index is 13.5. The number of carbonyl (C=O) groups excluding carboxylic acids is 2. The van der Waals surface area contributed by atoms with Gasteiger partial charge in [-0.2, -0.15) is 5.26 Å². The van der Waals surface area contributed by atoms with Crippen LogP contribution in [-0.4, -0.2) is 56.8 Å². The Bertz CT molecular complexity index is 1780. The first kappa shape index (κ1) is 32.0. The second kappa shape index (κ2) is 13.3. The number of fused-ring (bicyclic) bond motifs is 1. The fourth-order valence-electron chi connectivity index (χ4n) is 5.36. The Morgan fingerprint density at radius 3 is 2.76 bits per heavy atom. The molecule has 0 unspecified atom stereocenters. The van der Waals surface area contributed by atoms with Gasteiger partial charge in [0, 0.05) is 26.6 Å². The van der Waals surface area contributed by atoms with Crippen molar-refractivity contribution in [3.8, 4) is 16.7 Å². The second-order valence-corrected chi connectivity index (χ2v) is 13.2. The Morgan fingerprint density at radius 1 is 1.27 bits per heavy atom. The van der Waals surface area contributed by atoms with Gasteiger partial charge in [-0.05, 0) is 48.1 Å². The van der Waals surface area contributed by atoms with Crippen molar-refractivity contribution in [1.29, 1.82) is 5.26 Å². The zero-order chi connectivity index (χ0) is 32.3. The van der Waals surface area contributed by atoms with E-state index in [1.165, 1.54) is 11.3 Å². The van der Waals surface area contributed by atoms with Crippen LogP contribution in [-0.2, 0) is 17.9 Å². The fraction of sp³-hybridized carbons (Fsp3) is 0.406. The van der Waals surface area contributed by atoms with Crippen LogP contribution in [0, 0.1) is 23.7 Å². The molecule has 236 valence electrons. The molecule has 4 aromatic rings. The Kier molecular flexibility index (Phi) is 9.45. The Hall–Kier alpha value is -4.41. The number of hydrogen-bond donors (Lipinski definition) is 2. The molecule has 0 saturated carbocycles. The van der Waals surface area contributed by atoms with Crippen LogP contribution in [0.2, 0.25) is 0 Å². The van der Waals surface area contributed by atoms with Crippen LogP contribution in [0.3, 0.4) is 0 Å². The molecule has 1 atom stereocenters. The number of imidazole rings is 1. The summed E-state index contributed by atoms with van der Waals surface area (Å²) in [5.74, 6) is 0.712. The summed E-state index contributed by atoms with van der Waals surface area (Å²) < 4.78 is 32.8. The standard InChI is InChI=1S/C32H35F2N7O3S/c1-19-37-16-25(44-19)26-9-10-27(45-26)29(42)39-31-38-23-12-20(15-36-17-28(33)34)7-8-24(23)41(31)18-22-6-5-11-40(22)30(43)21(14-35)13-32(2,3)4/h7-10,12-13,16,22,28,36H,5-6,11,15,17-18H2,1-4H3,(H,38,39,42)/t22-/m1/s1. The highest BCUT2D eigenvalue weighted by atomic mass is 32.1. The van der Waals surface area contributed by atoms with Crippen molar-refractivity contribution in [1.82, 2.24) is 24.8 Å². The molecule has 1 aliphatic heterocycles. The van der Waals surface area contributed by atoms with Gasteiger partial charge in [0.2, 0.25) is 5.95 Å². The van der Waals surface area contributed by atoms with Crippen LogP contribution in [0.1, 0.15) is 54.7 Å². The highest BCUT2D eigenvalue weighted by Crippen LogP contribution is 2.31. The van der Waals surface area contributed by atoms with E-state index in [0.29, 0.717) is 47.5 Å². The number of halogens is 2. The number of anilines is 1. The molecular weight excluding hydrogens is 600 g/mol. The molecule has 1 aliphatic rings. The van der Waals surface area contributed by atoms with Gasteiger partial charge in [0.15, 0.2) is 11.7 Å². The molecule has 1 saturated heterocycles. The first-order chi connectivity index (χ1) is 21.4. The molecule has 45 heavy (non-hydrogen) atoms. The number of nitrogens with zero attached hydrogens (tertiary/aromatic N) is 5. The molecule has 1 fully saturated rings. The lowest BCUT2D eigenvalue weighted by molar-refractivity contribution is -0.127. The molecule has 1 aromatic carbocycles. The van der Waals surface area contributed by atoms with E-state index in [1.807, 2.05) is 37.5 Å². The van der Waals surface area contributed by atoms with Crippen LogP contribution in [0.15, 0.2) is 52.6 Å². The second-order valence-electron chi connectivity index (χ2n) is 12.1. The topological polar surface area (TPSA) is 129 Å². The summed E-state index contributed by atoms with van der Waals surface area (Å²) in [5.41, 5.74) is 1.82. The summed E-state index contributed by atoms with van der Waals surface area (Å²) in [7, 11) is 0. The number of allylic oxidation sites excluding steroid dienone is 1. The molecule has 2 N–H and O–H groups in total. The molecule has 0 bridgehead atoms. The van der Waals surface area contributed by atoms with Gasteiger partial charge in [-0.3, -0.25) is 14.9 Å². The van der Waals surface area contributed by atoms with Crippen molar-refractivity contribution >= 4 is 40.1 Å². The average molecular weight is 636 g/mol. The number of carbonyl (C=O) groups is 2. The number of likely N-dealkylation sites (tertiary alicyclic amines) is 1. The third-order valence-corrected chi connectivity index (χ3v) is 8.42. The van der Waals surface area contributed by atoms with E-state index in [2.05, 4.69) is 21.7 Å². The lowest BCUT2D eigenvalue weighted by atomic mass is 9.93. The summed E-state index contributed by atoms with van der Waals surface area (Å²) in [5, 5.41) is 15.4. The van der Waals surface area contributed by atoms with E-state index < -0.39 is 13.0 Å². The zero-order valence-electron chi connectivity index (χ0n) is 25.6. The fourth-order valence-corrected chi connectivity index (χ4v) is 6.20. The van der Waals surface area contributed by atoms with E-state index in [-0.39, 0.29) is 35.4 Å². The summed E-state index contributed by atoms with van der Waals surface area (Å²) in [6.45, 7) is 8.21. The van der Waals surface area contributed by atoms with Gasteiger partial charge in [-0.15, -0.1) is 11.3 Å². The average Bonchev–Trinajstić information content (AvgIpc) is 3.78. The van der Waals surface area contributed by atoms with Crippen molar-refractivity contribution in [2.45, 2.75) is 66.1 Å². The van der Waals surface area contributed by atoms with Crippen molar-refractivity contribution in [2.75, 3.05) is 18.4 Å². The molecule has 2 amide bonds. The quantitative estimate of drug-likeness (QED) is 0.158. The van der Waals surface area contributed by atoms with E-state index in [0.717, 1.165) is 22.4 Å². The largest absolute Gasteiger partial charge is 0.440 e. The third kappa shape index (κ3) is 7.64. The minimum Gasteiger partial charge on any atom is -0.440 e. The maximum absolute atomic E-state index is 13.5. The van der Waals surface area contributed by atoms with Gasteiger partial charge in [-0.25, -0.2) is 18.7 Å². The van der Waals surface area contributed by atoms with Crippen LogP contribution in [0.5, 0.6) is 0 Å². The summed E-state index contributed by atoms with van der Waals surface area (Å²) >= 11 is 1.26. The van der Waals surface area contributed by atoms with Crippen molar-refractivity contribution in [3.63, 3.8) is 0 Å². The van der Waals surface area contributed by atoms with Crippen LogP contribution in [0.4, 0.5) is 14.7 Å². The third-order valence-electron chi connectivity index (χ3n) is 7.32. The van der Waals surface area contributed by atoms with Crippen LogP contribution >= 0.6 is 11.3 Å². The molecule has 5 rings (SSSR count). The van der Waals surface area contributed by atoms with Crippen LogP contribution < -0.4 is 10.6 Å². The van der Waals surface area contributed by atoms with E-state index >= 15 is 0 Å². The van der Waals surface area contributed by atoms with Crippen molar-refractivity contribution < 1.29 is 22.8 Å². The molecule has 10 nitrogen and oxygen atoms in total. The smallest absolute Gasteiger partial charge is 0.268 e. The van der Waals surface area contributed by atoms with Gasteiger partial charge >= 0.3 is 0 Å². The summed E-state index contributed by atoms with van der Waals surface area (Å²) in [6.07, 6.45) is 2.34. The Morgan fingerprint density at radius 2 is 2.07 bits per heavy atom. The number of nitrogens with one attached hydrogen (secondary N) is 2. The predicted molar refractivity (Wildman–Crippen MR) is 168 cm³/mol. The monoisotopic (exact) mass is 635 g/mol. The number of hydrogen-bond acceptors (Lipinski definition) is 8. The number of oxazole rings is 1. The lowest BCUT2D eigenvalue weighted by Crippen LogP contribution is -2.39. The van der Waals surface area contributed by atoms with E-state index in [4.69, 9.17) is 9.40 Å². The molecule has 3 aromatic heterocycles. The van der Waals surface area contributed by atoms with Gasteiger partial charge in [0.25, 0.3) is 18.2 Å². The lowest BCUT2D eigenvalue weighted by Gasteiger charge is -2.26. The van der Waals surface area contributed by atoms with E-state index in [9.17, 15) is 23.6 Å². The molecule has 0 spiro atoms. The predicted octanol–water partition coefficient (Wildman–Crippen LogP) is 6.16. The van der Waals surface area contributed by atoms with Gasteiger partial charge in [0.05, 0.1) is 39.6 Å². The van der Waals surface area contributed by atoms with Gasteiger partial charge < -0.3 is 19.2 Å². The van der Waals surface area contributed by atoms with Crippen LogP contribution in [0.25, 0.3) is 21.7 Å². The molecular formula is C32H35F2N7O3S. The summed E-state index contributed by atoms with van der Waals surface area (Å²) in [4.78, 5) is 38.7. The minimum atomic E-state index is -2.46. The van der Waals surface area contributed by atoms with Crippen molar-refractivity contribution in [2.24, 2.45) is 5.41 Å². The number of alkyl halides is 2. The molecule has 13 heteroatoms. The Labute approximate surface area is 263 Å². The number of aromatic nitrogens is 3.